The average molecular weight is 459 g/mol. The Balaban J connectivity index is 2.07. The largest absolute Gasteiger partial charge is 0.504 e. The molecular weight excluding hydrogens is 428 g/mol. The molecule has 33 heavy (non-hydrogen) atoms. The molecule has 0 aromatic heterocycles. The molecule has 0 spiro atoms. The van der Waals surface area contributed by atoms with Gasteiger partial charge >= 0.3 is 11.9 Å². The third-order valence-corrected chi connectivity index (χ3v) is 5.09. The number of phenols is 1. The number of ether oxygens (including phenoxy) is 2. The first-order chi connectivity index (χ1) is 15.8. The molecular formula is C24H30N2O7. The van der Waals surface area contributed by atoms with E-state index >= 15 is 0 Å². The molecule has 2 rings (SSSR count). The van der Waals surface area contributed by atoms with Crippen molar-refractivity contribution in [3.63, 3.8) is 0 Å². The maximum Gasteiger partial charge on any atom is 0.327 e. The summed E-state index contributed by atoms with van der Waals surface area (Å²) in [7, 11) is 2.75. The Bertz CT molecular complexity index is 977. The van der Waals surface area contributed by atoms with E-state index < -0.39 is 24.0 Å². The average Bonchev–Trinajstić information content (AvgIpc) is 2.81. The van der Waals surface area contributed by atoms with Crippen molar-refractivity contribution in [3.8, 4) is 11.5 Å². The number of carbonyl (C=O) groups is 3. The molecule has 9 nitrogen and oxygen atoms in total. The fourth-order valence-corrected chi connectivity index (χ4v) is 3.36. The lowest BCUT2D eigenvalue weighted by molar-refractivity contribution is -0.141. The number of methoxy groups -OCH3 is 2. The van der Waals surface area contributed by atoms with E-state index in [0.29, 0.717) is 30.8 Å². The zero-order chi connectivity index (χ0) is 24.4. The second kappa shape index (κ2) is 12.4. The van der Waals surface area contributed by atoms with Crippen molar-refractivity contribution in [2.75, 3.05) is 26.1 Å². The minimum atomic E-state index is -1.10. The number of nitrogens with one attached hydrogen (secondary N) is 2. The lowest BCUT2D eigenvalue weighted by Gasteiger charge is -2.20. The molecule has 0 saturated heterocycles. The molecule has 0 aliphatic heterocycles. The number of Topliss-reactive ketones (excluding diaryl/α,β-unsaturated/α-hetero) is 1. The van der Waals surface area contributed by atoms with Crippen LogP contribution in [0.5, 0.6) is 11.5 Å². The molecule has 2 unspecified atom stereocenters. The molecule has 178 valence electrons. The van der Waals surface area contributed by atoms with Crippen LogP contribution in [0.4, 0.5) is 5.69 Å². The number of phenolic OH excluding ortho intramolecular Hbond substituents is 1. The Morgan fingerprint density at radius 1 is 1.09 bits per heavy atom. The normalized spacial score (nSPS) is 12.5. The van der Waals surface area contributed by atoms with E-state index in [1.54, 1.807) is 49.4 Å². The van der Waals surface area contributed by atoms with Crippen molar-refractivity contribution in [2.45, 2.75) is 38.3 Å². The molecule has 9 heteroatoms. The maximum atomic E-state index is 13.2. The van der Waals surface area contributed by atoms with Crippen molar-refractivity contribution in [1.82, 2.24) is 5.32 Å². The second-order valence-electron chi connectivity index (χ2n) is 7.51. The quantitative estimate of drug-likeness (QED) is 0.203. The van der Waals surface area contributed by atoms with Crippen LogP contribution < -0.4 is 15.4 Å². The lowest BCUT2D eigenvalue weighted by Crippen LogP contribution is -2.40. The molecule has 0 saturated carbocycles. The maximum absolute atomic E-state index is 13.2. The number of ketones is 1. The van der Waals surface area contributed by atoms with E-state index in [9.17, 15) is 24.6 Å². The lowest BCUT2D eigenvalue weighted by atomic mass is 9.99. The van der Waals surface area contributed by atoms with Gasteiger partial charge in [-0.3, -0.25) is 9.59 Å². The van der Waals surface area contributed by atoms with Crippen LogP contribution in [0.1, 0.15) is 35.7 Å². The number of aliphatic carboxylic acids is 1. The minimum Gasteiger partial charge on any atom is -0.504 e. The number of benzene rings is 2. The predicted octanol–water partition coefficient (Wildman–Crippen LogP) is 2.62. The van der Waals surface area contributed by atoms with E-state index in [1.807, 2.05) is 0 Å². The summed E-state index contributed by atoms with van der Waals surface area (Å²) in [4.78, 5) is 36.3. The Hall–Kier alpha value is -3.59. The van der Waals surface area contributed by atoms with E-state index in [2.05, 4.69) is 10.6 Å². The molecule has 0 amide bonds. The van der Waals surface area contributed by atoms with Gasteiger partial charge in [-0.2, -0.15) is 0 Å². The van der Waals surface area contributed by atoms with Crippen LogP contribution in [0.2, 0.25) is 0 Å². The third-order valence-electron chi connectivity index (χ3n) is 5.09. The van der Waals surface area contributed by atoms with Gasteiger partial charge in [0, 0.05) is 11.3 Å². The van der Waals surface area contributed by atoms with Crippen molar-refractivity contribution in [3.05, 3.63) is 53.6 Å². The number of carboxylic acid groups (broad SMARTS) is 1. The highest BCUT2D eigenvalue weighted by Gasteiger charge is 2.25. The van der Waals surface area contributed by atoms with E-state index in [0.717, 1.165) is 5.56 Å². The summed E-state index contributed by atoms with van der Waals surface area (Å²) >= 11 is 0. The fraction of sp³-hybridized carbons (Fsp3) is 0.375. The van der Waals surface area contributed by atoms with Crippen LogP contribution in [-0.4, -0.2) is 60.8 Å². The summed E-state index contributed by atoms with van der Waals surface area (Å²) < 4.78 is 9.81. The van der Waals surface area contributed by atoms with Gasteiger partial charge in [0.25, 0.3) is 0 Å². The van der Waals surface area contributed by atoms with E-state index in [1.165, 1.54) is 14.2 Å². The van der Waals surface area contributed by atoms with Gasteiger partial charge in [-0.25, -0.2) is 4.79 Å². The van der Waals surface area contributed by atoms with Gasteiger partial charge in [0.05, 0.1) is 26.7 Å². The summed E-state index contributed by atoms with van der Waals surface area (Å²) in [6.45, 7) is 2.01. The van der Waals surface area contributed by atoms with Crippen molar-refractivity contribution >= 4 is 23.4 Å². The molecule has 0 radical (unpaired) electrons. The van der Waals surface area contributed by atoms with Gasteiger partial charge in [-0.1, -0.05) is 18.2 Å². The highest BCUT2D eigenvalue weighted by molar-refractivity contribution is 6.06. The molecule has 0 aliphatic carbocycles. The zero-order valence-electron chi connectivity index (χ0n) is 19.0. The van der Waals surface area contributed by atoms with Crippen LogP contribution in [0.3, 0.4) is 0 Å². The van der Waals surface area contributed by atoms with Crippen molar-refractivity contribution in [2.24, 2.45) is 0 Å². The van der Waals surface area contributed by atoms with Gasteiger partial charge < -0.3 is 30.3 Å². The minimum absolute atomic E-state index is 0.0558. The summed E-state index contributed by atoms with van der Waals surface area (Å²) in [5.41, 5.74) is 1.66. The van der Waals surface area contributed by atoms with Crippen LogP contribution in [0, 0.1) is 0 Å². The summed E-state index contributed by atoms with van der Waals surface area (Å²) in [6, 6.07) is 10.1. The first-order valence-corrected chi connectivity index (χ1v) is 10.6. The molecule has 2 atom stereocenters. The number of aryl methyl sites for hydroxylation is 1. The zero-order valence-corrected chi connectivity index (χ0v) is 19.0. The Morgan fingerprint density at radius 2 is 1.82 bits per heavy atom. The first kappa shape index (κ1) is 25.7. The number of para-hydroxylation sites is 1. The topological polar surface area (TPSA) is 134 Å². The number of aromatic hydroxyl groups is 1. The van der Waals surface area contributed by atoms with Crippen LogP contribution in [0.25, 0.3) is 0 Å². The number of esters is 1. The molecule has 0 heterocycles. The SMILES string of the molecule is COC(=O)C(C)Nc1ccccc1C(=O)C(CC(=O)O)NCCCc1ccc(O)c(OC)c1. The highest BCUT2D eigenvalue weighted by atomic mass is 16.5. The van der Waals surface area contributed by atoms with Crippen LogP contribution >= 0.6 is 0 Å². The van der Waals surface area contributed by atoms with Gasteiger partial charge in [0.2, 0.25) is 0 Å². The summed E-state index contributed by atoms with van der Waals surface area (Å²) in [5, 5.41) is 25.0. The van der Waals surface area contributed by atoms with Gasteiger partial charge in [-0.15, -0.1) is 0 Å². The summed E-state index contributed by atoms with van der Waals surface area (Å²) in [5.74, 6) is -1.53. The molecule has 0 aliphatic rings. The molecule has 2 aromatic carbocycles. The standard InChI is InChI=1S/C24H30N2O7/c1-15(24(31)33-3)26-18-9-5-4-8-17(18)23(30)19(14-22(28)29)25-12-6-7-16-10-11-20(27)21(13-16)32-2/h4-5,8-11,13,15,19,25-27H,6-7,12,14H2,1-3H3,(H,28,29). The Morgan fingerprint density at radius 3 is 2.48 bits per heavy atom. The van der Waals surface area contributed by atoms with Crippen molar-refractivity contribution in [1.29, 1.82) is 0 Å². The molecule has 2 aromatic rings. The van der Waals surface area contributed by atoms with Crippen LogP contribution in [0.15, 0.2) is 42.5 Å². The van der Waals surface area contributed by atoms with Gasteiger partial charge in [0.15, 0.2) is 17.3 Å². The fourth-order valence-electron chi connectivity index (χ4n) is 3.36. The predicted molar refractivity (Wildman–Crippen MR) is 123 cm³/mol. The van der Waals surface area contributed by atoms with E-state index in [-0.39, 0.29) is 23.5 Å². The van der Waals surface area contributed by atoms with E-state index in [4.69, 9.17) is 9.47 Å². The Kier molecular flexibility index (Phi) is 9.68. The molecule has 0 fully saturated rings. The second-order valence-corrected chi connectivity index (χ2v) is 7.51. The number of hydrogen-bond donors (Lipinski definition) is 4. The van der Waals surface area contributed by atoms with Gasteiger partial charge in [-0.05, 0) is 56.1 Å². The summed E-state index contributed by atoms with van der Waals surface area (Å²) in [6.07, 6.45) is 0.899. The number of carbonyl (C=O) groups excluding carboxylic acids is 2. The number of anilines is 1. The Labute approximate surface area is 192 Å². The third kappa shape index (κ3) is 7.50. The smallest absolute Gasteiger partial charge is 0.327 e. The van der Waals surface area contributed by atoms with Crippen molar-refractivity contribution < 1.29 is 34.1 Å². The first-order valence-electron chi connectivity index (χ1n) is 10.6. The molecule has 4 N–H and O–H groups in total. The highest BCUT2D eigenvalue weighted by Crippen LogP contribution is 2.26. The molecule has 0 bridgehead atoms. The monoisotopic (exact) mass is 458 g/mol. The number of rotatable bonds is 13. The number of carboxylic acids is 1. The van der Waals surface area contributed by atoms with Gasteiger partial charge in [0.1, 0.15) is 6.04 Å². The number of hydrogen-bond acceptors (Lipinski definition) is 8. The van der Waals surface area contributed by atoms with Crippen LogP contribution in [-0.2, 0) is 20.7 Å².